The first-order valence-corrected chi connectivity index (χ1v) is 8.75. The summed E-state index contributed by atoms with van der Waals surface area (Å²) in [6.07, 6.45) is 0. The molecule has 0 atom stereocenters. The smallest absolute Gasteiger partial charge is 0.335 e. The van der Waals surface area contributed by atoms with Crippen molar-refractivity contribution in [1.29, 1.82) is 0 Å². The molecular formula is C17H15N5O4S. The summed E-state index contributed by atoms with van der Waals surface area (Å²) in [4.78, 5) is 23.4. The van der Waals surface area contributed by atoms with E-state index in [4.69, 9.17) is 9.84 Å². The summed E-state index contributed by atoms with van der Waals surface area (Å²) in [6, 6.07) is 13.5. The molecule has 27 heavy (non-hydrogen) atoms. The monoisotopic (exact) mass is 385 g/mol. The number of anilines is 1. The van der Waals surface area contributed by atoms with E-state index in [1.807, 2.05) is 30.3 Å². The lowest BCUT2D eigenvalue weighted by atomic mass is 10.2. The summed E-state index contributed by atoms with van der Waals surface area (Å²) >= 11 is 1.16. The maximum absolute atomic E-state index is 12.3. The number of nitrogens with one attached hydrogen (secondary N) is 1. The normalized spacial score (nSPS) is 10.4. The SMILES string of the molecule is COc1ccc(C(=O)O)cc1NC(=O)CSc1nnnn1-c1ccccc1. The van der Waals surface area contributed by atoms with E-state index in [0.717, 1.165) is 17.4 Å². The number of hydrogen-bond acceptors (Lipinski definition) is 7. The van der Waals surface area contributed by atoms with Crippen molar-refractivity contribution in [2.45, 2.75) is 5.16 Å². The zero-order valence-corrected chi connectivity index (χ0v) is 15.0. The van der Waals surface area contributed by atoms with Crippen LogP contribution in [-0.4, -0.2) is 50.1 Å². The van der Waals surface area contributed by atoms with Crippen molar-refractivity contribution in [3.05, 3.63) is 54.1 Å². The number of hydrogen-bond donors (Lipinski definition) is 2. The van der Waals surface area contributed by atoms with Crippen molar-refractivity contribution in [2.75, 3.05) is 18.2 Å². The molecule has 2 aromatic carbocycles. The molecular weight excluding hydrogens is 370 g/mol. The first-order valence-electron chi connectivity index (χ1n) is 7.76. The molecule has 1 heterocycles. The Morgan fingerprint density at radius 1 is 1.22 bits per heavy atom. The second-order valence-electron chi connectivity index (χ2n) is 5.27. The summed E-state index contributed by atoms with van der Waals surface area (Å²) < 4.78 is 6.69. The highest BCUT2D eigenvalue weighted by atomic mass is 32.2. The van der Waals surface area contributed by atoms with Crippen molar-refractivity contribution in [1.82, 2.24) is 20.2 Å². The van der Waals surface area contributed by atoms with E-state index in [1.54, 1.807) is 0 Å². The fourth-order valence-corrected chi connectivity index (χ4v) is 2.95. The number of nitrogens with zero attached hydrogens (tertiary/aromatic N) is 4. The average molecular weight is 385 g/mol. The molecule has 0 unspecified atom stereocenters. The third kappa shape index (κ3) is 4.42. The van der Waals surface area contributed by atoms with Gasteiger partial charge in [-0.25, -0.2) is 4.79 Å². The number of carboxylic acid groups (broad SMARTS) is 1. The number of thioether (sulfide) groups is 1. The van der Waals surface area contributed by atoms with Crippen LogP contribution < -0.4 is 10.1 Å². The van der Waals surface area contributed by atoms with Crippen molar-refractivity contribution >= 4 is 29.3 Å². The summed E-state index contributed by atoms with van der Waals surface area (Å²) in [7, 11) is 1.44. The standard InChI is InChI=1S/C17H15N5O4S/c1-26-14-8-7-11(16(24)25)9-13(14)18-15(23)10-27-17-19-20-21-22(17)12-5-3-2-4-6-12/h2-9H,10H2,1H3,(H,18,23)(H,24,25). The van der Waals surface area contributed by atoms with E-state index in [2.05, 4.69) is 20.8 Å². The molecule has 0 aliphatic heterocycles. The minimum Gasteiger partial charge on any atom is -0.495 e. The van der Waals surface area contributed by atoms with Gasteiger partial charge >= 0.3 is 5.97 Å². The number of rotatable bonds is 7. The van der Waals surface area contributed by atoms with Crippen LogP contribution in [0.1, 0.15) is 10.4 Å². The van der Waals surface area contributed by atoms with E-state index in [9.17, 15) is 9.59 Å². The Kier molecular flexibility index (Phi) is 5.67. The minimum absolute atomic E-state index is 0.0354. The Bertz CT molecular complexity index is 961. The highest BCUT2D eigenvalue weighted by molar-refractivity contribution is 7.99. The predicted octanol–water partition coefficient (Wildman–Crippen LogP) is 2.10. The average Bonchev–Trinajstić information content (AvgIpc) is 3.15. The van der Waals surface area contributed by atoms with Gasteiger partial charge in [0.2, 0.25) is 11.1 Å². The second-order valence-corrected chi connectivity index (χ2v) is 6.21. The maximum Gasteiger partial charge on any atom is 0.335 e. The molecule has 138 valence electrons. The molecule has 10 heteroatoms. The lowest BCUT2D eigenvalue weighted by molar-refractivity contribution is -0.113. The van der Waals surface area contributed by atoms with Crippen LogP contribution in [0.3, 0.4) is 0 Å². The molecule has 0 aliphatic carbocycles. The molecule has 9 nitrogen and oxygen atoms in total. The molecule has 1 amide bonds. The predicted molar refractivity (Wildman–Crippen MR) is 98.5 cm³/mol. The van der Waals surface area contributed by atoms with Crippen molar-refractivity contribution < 1.29 is 19.4 Å². The molecule has 0 saturated heterocycles. The van der Waals surface area contributed by atoms with Crippen LogP contribution in [0, 0.1) is 0 Å². The van der Waals surface area contributed by atoms with Gasteiger partial charge in [-0.15, -0.1) is 5.10 Å². The number of aromatic carboxylic acids is 1. The van der Waals surface area contributed by atoms with Crippen LogP contribution in [0.4, 0.5) is 5.69 Å². The van der Waals surface area contributed by atoms with Crippen LogP contribution in [0.2, 0.25) is 0 Å². The van der Waals surface area contributed by atoms with Gasteiger partial charge in [-0.3, -0.25) is 4.79 Å². The number of amides is 1. The van der Waals surface area contributed by atoms with Crippen molar-refractivity contribution in [3.63, 3.8) is 0 Å². The van der Waals surface area contributed by atoms with Gasteiger partial charge in [0.1, 0.15) is 5.75 Å². The van der Waals surface area contributed by atoms with Crippen LogP contribution in [-0.2, 0) is 4.79 Å². The van der Waals surface area contributed by atoms with Crippen LogP contribution in [0.15, 0.2) is 53.7 Å². The van der Waals surface area contributed by atoms with E-state index in [1.165, 1.54) is 30.0 Å². The zero-order chi connectivity index (χ0) is 19.2. The molecule has 1 aromatic heterocycles. The number of aromatic nitrogens is 4. The Balaban J connectivity index is 1.69. The Hall–Kier alpha value is -3.40. The number of para-hydroxylation sites is 1. The fourth-order valence-electron chi connectivity index (χ4n) is 2.26. The highest BCUT2D eigenvalue weighted by Gasteiger charge is 2.14. The fraction of sp³-hybridized carbons (Fsp3) is 0.118. The van der Waals surface area contributed by atoms with E-state index in [0.29, 0.717) is 10.9 Å². The Labute approximate surface area is 158 Å². The largest absolute Gasteiger partial charge is 0.495 e. The molecule has 0 saturated carbocycles. The molecule has 0 fully saturated rings. The van der Waals surface area contributed by atoms with Gasteiger partial charge in [-0.05, 0) is 40.8 Å². The number of tetrazole rings is 1. The van der Waals surface area contributed by atoms with Gasteiger partial charge in [-0.2, -0.15) is 4.68 Å². The lowest BCUT2D eigenvalue weighted by Gasteiger charge is -2.11. The number of methoxy groups -OCH3 is 1. The van der Waals surface area contributed by atoms with Gasteiger partial charge in [0.25, 0.3) is 0 Å². The van der Waals surface area contributed by atoms with E-state index in [-0.39, 0.29) is 22.9 Å². The molecule has 3 rings (SSSR count). The first kappa shape index (κ1) is 18.4. The van der Waals surface area contributed by atoms with Crippen molar-refractivity contribution in [2.24, 2.45) is 0 Å². The van der Waals surface area contributed by atoms with Gasteiger partial charge < -0.3 is 15.2 Å². The molecule has 0 spiro atoms. The number of carbonyl (C=O) groups excluding carboxylic acids is 1. The Morgan fingerprint density at radius 2 is 2.00 bits per heavy atom. The van der Waals surface area contributed by atoms with Crippen LogP contribution in [0.25, 0.3) is 5.69 Å². The number of carboxylic acids is 1. The van der Waals surface area contributed by atoms with Crippen molar-refractivity contribution in [3.8, 4) is 11.4 Å². The summed E-state index contributed by atoms with van der Waals surface area (Å²) in [5.41, 5.74) is 1.11. The zero-order valence-electron chi connectivity index (χ0n) is 14.2. The maximum atomic E-state index is 12.3. The molecule has 0 bridgehead atoms. The topological polar surface area (TPSA) is 119 Å². The summed E-state index contributed by atoms with van der Waals surface area (Å²) in [5, 5.41) is 23.7. The number of carbonyl (C=O) groups is 2. The highest BCUT2D eigenvalue weighted by Crippen LogP contribution is 2.26. The van der Waals surface area contributed by atoms with Gasteiger partial charge in [0.15, 0.2) is 0 Å². The summed E-state index contributed by atoms with van der Waals surface area (Å²) in [5.74, 6) is -1.03. The van der Waals surface area contributed by atoms with E-state index >= 15 is 0 Å². The number of benzene rings is 2. The molecule has 0 aliphatic rings. The molecule has 0 radical (unpaired) electrons. The summed E-state index contributed by atoms with van der Waals surface area (Å²) in [6.45, 7) is 0. The molecule has 3 aromatic rings. The van der Waals surface area contributed by atoms with Crippen LogP contribution in [0.5, 0.6) is 5.75 Å². The van der Waals surface area contributed by atoms with Gasteiger partial charge in [0, 0.05) is 0 Å². The quantitative estimate of drug-likeness (QED) is 0.594. The minimum atomic E-state index is -1.09. The second kappa shape index (κ2) is 8.32. The van der Waals surface area contributed by atoms with E-state index < -0.39 is 5.97 Å². The van der Waals surface area contributed by atoms with Gasteiger partial charge in [0.05, 0.1) is 29.8 Å². The third-order valence-corrected chi connectivity index (χ3v) is 4.41. The first-order chi connectivity index (χ1) is 13.1. The van der Waals surface area contributed by atoms with Gasteiger partial charge in [-0.1, -0.05) is 30.0 Å². The number of ether oxygens (including phenoxy) is 1. The Morgan fingerprint density at radius 3 is 2.70 bits per heavy atom. The third-order valence-electron chi connectivity index (χ3n) is 3.49. The lowest BCUT2D eigenvalue weighted by Crippen LogP contribution is -2.16. The van der Waals surface area contributed by atoms with Crippen LogP contribution >= 0.6 is 11.8 Å². The molecule has 2 N–H and O–H groups in total.